The lowest BCUT2D eigenvalue weighted by atomic mass is 10.2. The van der Waals surface area contributed by atoms with Gasteiger partial charge in [0.25, 0.3) is 5.56 Å². The fourth-order valence-electron chi connectivity index (χ4n) is 3.20. The fraction of sp³-hybridized carbons (Fsp3) is 0.333. The average molecular weight is 428 g/mol. The third-order valence-corrected chi connectivity index (χ3v) is 5.69. The highest BCUT2D eigenvalue weighted by atomic mass is 32.2. The summed E-state index contributed by atoms with van der Waals surface area (Å²) in [5.74, 6) is -0.414. The van der Waals surface area contributed by atoms with Crippen LogP contribution in [0.15, 0.2) is 51.4 Å². The molecule has 0 aliphatic heterocycles. The van der Waals surface area contributed by atoms with Gasteiger partial charge in [0, 0.05) is 26.0 Å². The third-order valence-electron chi connectivity index (χ3n) is 4.72. The zero-order chi connectivity index (χ0) is 22.0. The van der Waals surface area contributed by atoms with Gasteiger partial charge in [-0.25, -0.2) is 9.78 Å². The standard InChI is InChI=1S/C21H25N5O3S/c1-13(2)11-26-18(22)17(19(28)24(4)21(26)29)16(27)12-30-20-23-9-10-25(20)15-8-6-5-7-14(15)3/h5-10,13H,11-12,22H2,1-4H3. The molecule has 9 heteroatoms. The molecular weight excluding hydrogens is 402 g/mol. The van der Waals surface area contributed by atoms with Gasteiger partial charge in [-0.3, -0.25) is 23.3 Å². The van der Waals surface area contributed by atoms with Crippen LogP contribution in [0.4, 0.5) is 5.82 Å². The van der Waals surface area contributed by atoms with E-state index in [1.165, 1.54) is 23.4 Å². The van der Waals surface area contributed by atoms with Gasteiger partial charge >= 0.3 is 5.69 Å². The first kappa shape index (κ1) is 21.6. The Hall–Kier alpha value is -3.07. The number of Topliss-reactive ketones (excluding diaryl/α,β-unsaturated/α-hetero) is 1. The Morgan fingerprint density at radius 2 is 1.93 bits per heavy atom. The van der Waals surface area contributed by atoms with Crippen LogP contribution in [0.1, 0.15) is 29.8 Å². The van der Waals surface area contributed by atoms with Crippen LogP contribution in [0.3, 0.4) is 0 Å². The summed E-state index contributed by atoms with van der Waals surface area (Å²) in [5, 5.41) is 0.628. The predicted molar refractivity (Wildman–Crippen MR) is 119 cm³/mol. The summed E-state index contributed by atoms with van der Waals surface area (Å²) < 4.78 is 4.12. The predicted octanol–water partition coefficient (Wildman–Crippen LogP) is 2.25. The van der Waals surface area contributed by atoms with E-state index in [1.54, 1.807) is 6.20 Å². The lowest BCUT2D eigenvalue weighted by molar-refractivity contribution is 0.102. The van der Waals surface area contributed by atoms with Gasteiger partial charge in [0.05, 0.1) is 11.4 Å². The van der Waals surface area contributed by atoms with Crippen molar-refractivity contribution in [3.05, 3.63) is 68.6 Å². The molecule has 0 bridgehead atoms. The second-order valence-corrected chi connectivity index (χ2v) is 8.43. The molecule has 0 saturated carbocycles. The number of nitrogens with two attached hydrogens (primary N) is 1. The Labute approximate surface area is 178 Å². The number of thioether (sulfide) groups is 1. The summed E-state index contributed by atoms with van der Waals surface area (Å²) in [7, 11) is 1.36. The van der Waals surface area contributed by atoms with E-state index >= 15 is 0 Å². The molecule has 0 saturated heterocycles. The molecular formula is C21H25N5O3S. The highest BCUT2D eigenvalue weighted by molar-refractivity contribution is 7.99. The van der Waals surface area contributed by atoms with E-state index in [9.17, 15) is 14.4 Å². The second kappa shape index (κ2) is 8.74. The van der Waals surface area contributed by atoms with Crippen molar-refractivity contribution < 1.29 is 4.79 Å². The van der Waals surface area contributed by atoms with E-state index in [0.29, 0.717) is 11.7 Å². The Bertz CT molecular complexity index is 1210. The largest absolute Gasteiger partial charge is 0.384 e. The number of aryl methyl sites for hydroxylation is 1. The van der Waals surface area contributed by atoms with Crippen molar-refractivity contribution >= 4 is 23.4 Å². The number of benzene rings is 1. The summed E-state index contributed by atoms with van der Waals surface area (Å²) in [6, 6.07) is 7.86. The van der Waals surface area contributed by atoms with E-state index in [-0.39, 0.29) is 23.1 Å². The lowest BCUT2D eigenvalue weighted by Crippen LogP contribution is -2.43. The van der Waals surface area contributed by atoms with E-state index < -0.39 is 17.0 Å². The fourth-order valence-corrected chi connectivity index (χ4v) is 4.04. The quantitative estimate of drug-likeness (QED) is 0.458. The Morgan fingerprint density at radius 3 is 2.60 bits per heavy atom. The first-order valence-corrected chi connectivity index (χ1v) is 10.6. The van der Waals surface area contributed by atoms with Crippen LogP contribution in [0, 0.1) is 12.8 Å². The molecule has 0 aliphatic carbocycles. The zero-order valence-electron chi connectivity index (χ0n) is 17.5. The van der Waals surface area contributed by atoms with E-state index in [1.807, 2.05) is 55.8 Å². The number of imidazole rings is 1. The molecule has 30 heavy (non-hydrogen) atoms. The number of ketones is 1. The summed E-state index contributed by atoms with van der Waals surface area (Å²) in [6.45, 7) is 6.18. The maximum Gasteiger partial charge on any atom is 0.332 e. The maximum absolute atomic E-state index is 12.9. The monoisotopic (exact) mass is 427 g/mol. The minimum Gasteiger partial charge on any atom is -0.384 e. The van der Waals surface area contributed by atoms with Crippen molar-refractivity contribution in [2.75, 3.05) is 11.5 Å². The SMILES string of the molecule is Cc1ccccc1-n1ccnc1SCC(=O)c1c(N)n(CC(C)C)c(=O)n(C)c1=O. The summed E-state index contributed by atoms with van der Waals surface area (Å²) in [5.41, 5.74) is 6.78. The van der Waals surface area contributed by atoms with E-state index in [2.05, 4.69) is 4.98 Å². The van der Waals surface area contributed by atoms with Gasteiger partial charge in [-0.05, 0) is 24.5 Å². The number of hydrogen-bond donors (Lipinski definition) is 1. The number of carbonyl (C=O) groups excluding carboxylic acids is 1. The number of hydrogen-bond acceptors (Lipinski definition) is 6. The van der Waals surface area contributed by atoms with E-state index in [0.717, 1.165) is 15.8 Å². The number of rotatable bonds is 7. The van der Waals surface area contributed by atoms with Crippen LogP contribution in [0.5, 0.6) is 0 Å². The number of nitrogens with zero attached hydrogens (tertiary/aromatic N) is 4. The molecule has 8 nitrogen and oxygen atoms in total. The number of carbonyl (C=O) groups is 1. The van der Waals surface area contributed by atoms with Crippen molar-refractivity contribution in [2.45, 2.75) is 32.5 Å². The average Bonchev–Trinajstić information content (AvgIpc) is 3.17. The van der Waals surface area contributed by atoms with Crippen molar-refractivity contribution in [2.24, 2.45) is 13.0 Å². The molecule has 0 aliphatic rings. The molecule has 0 amide bonds. The molecule has 2 N–H and O–H groups in total. The van der Waals surface area contributed by atoms with Gasteiger partial charge in [0.15, 0.2) is 10.9 Å². The van der Waals surface area contributed by atoms with Crippen LogP contribution in [-0.2, 0) is 13.6 Å². The number of para-hydroxylation sites is 1. The molecule has 3 aromatic rings. The zero-order valence-corrected chi connectivity index (χ0v) is 18.3. The molecule has 1 aromatic carbocycles. The van der Waals surface area contributed by atoms with Gasteiger partial charge < -0.3 is 5.73 Å². The molecule has 2 aromatic heterocycles. The highest BCUT2D eigenvalue weighted by Gasteiger charge is 2.22. The van der Waals surface area contributed by atoms with Gasteiger partial charge in [-0.15, -0.1) is 0 Å². The minimum absolute atomic E-state index is 0.0256. The van der Waals surface area contributed by atoms with Crippen LogP contribution in [0.2, 0.25) is 0 Å². The van der Waals surface area contributed by atoms with Gasteiger partial charge in [-0.2, -0.15) is 0 Å². The summed E-state index contributed by atoms with van der Waals surface area (Å²) in [4.78, 5) is 42.3. The molecule has 158 valence electrons. The Balaban J connectivity index is 1.91. The van der Waals surface area contributed by atoms with Crippen LogP contribution < -0.4 is 17.0 Å². The molecule has 0 atom stereocenters. The van der Waals surface area contributed by atoms with Crippen molar-refractivity contribution in [1.82, 2.24) is 18.7 Å². The van der Waals surface area contributed by atoms with Crippen LogP contribution in [0.25, 0.3) is 5.69 Å². The molecule has 3 rings (SSSR count). The highest BCUT2D eigenvalue weighted by Crippen LogP contribution is 2.23. The molecule has 0 radical (unpaired) electrons. The van der Waals surface area contributed by atoms with Crippen LogP contribution in [-0.4, -0.2) is 30.2 Å². The Morgan fingerprint density at radius 1 is 1.23 bits per heavy atom. The number of nitrogen functional groups attached to an aromatic ring is 1. The third kappa shape index (κ3) is 4.11. The molecule has 0 fully saturated rings. The summed E-state index contributed by atoms with van der Waals surface area (Å²) in [6.07, 6.45) is 3.49. The smallest absolute Gasteiger partial charge is 0.332 e. The van der Waals surface area contributed by atoms with Crippen molar-refractivity contribution in [3.63, 3.8) is 0 Å². The topological polar surface area (TPSA) is 105 Å². The second-order valence-electron chi connectivity index (χ2n) is 7.49. The Kier molecular flexibility index (Phi) is 6.31. The molecule has 0 unspecified atom stereocenters. The first-order valence-electron chi connectivity index (χ1n) is 9.57. The van der Waals surface area contributed by atoms with Gasteiger partial charge in [0.2, 0.25) is 0 Å². The van der Waals surface area contributed by atoms with Crippen molar-refractivity contribution in [1.29, 1.82) is 0 Å². The normalized spacial score (nSPS) is 11.2. The molecule has 2 heterocycles. The van der Waals surface area contributed by atoms with Crippen LogP contribution >= 0.6 is 11.8 Å². The molecule has 0 spiro atoms. The maximum atomic E-state index is 12.9. The van der Waals surface area contributed by atoms with Crippen molar-refractivity contribution in [3.8, 4) is 5.69 Å². The minimum atomic E-state index is -0.676. The number of anilines is 1. The first-order chi connectivity index (χ1) is 14.2. The van der Waals surface area contributed by atoms with E-state index in [4.69, 9.17) is 5.73 Å². The van der Waals surface area contributed by atoms with Gasteiger partial charge in [0.1, 0.15) is 11.4 Å². The summed E-state index contributed by atoms with van der Waals surface area (Å²) >= 11 is 1.22. The lowest BCUT2D eigenvalue weighted by Gasteiger charge is -2.16. The number of aromatic nitrogens is 4. The van der Waals surface area contributed by atoms with Gasteiger partial charge in [-0.1, -0.05) is 43.8 Å².